The number of aryl methyl sites for hydroxylation is 1. The first-order valence-corrected chi connectivity index (χ1v) is 6.18. The van der Waals surface area contributed by atoms with Crippen molar-refractivity contribution < 1.29 is 9.53 Å². The maximum Gasteiger partial charge on any atom is 0.263 e. The van der Waals surface area contributed by atoms with E-state index in [4.69, 9.17) is 10.5 Å². The number of amides is 1. The van der Waals surface area contributed by atoms with Crippen LogP contribution in [0.5, 0.6) is 5.75 Å². The average molecular weight is 251 g/mol. The maximum absolute atomic E-state index is 12.0. The molecule has 0 saturated carbocycles. The lowest BCUT2D eigenvalue weighted by atomic mass is 10.3. The molecule has 0 radical (unpaired) electrons. The number of hydrogen-bond acceptors (Lipinski definition) is 4. The van der Waals surface area contributed by atoms with Gasteiger partial charge in [-0.3, -0.25) is 4.79 Å². The van der Waals surface area contributed by atoms with Gasteiger partial charge in [0.1, 0.15) is 0 Å². The molecule has 0 saturated heterocycles. The number of rotatable bonds is 5. The van der Waals surface area contributed by atoms with Crippen molar-refractivity contribution in [2.45, 2.75) is 33.8 Å². The van der Waals surface area contributed by atoms with Crippen molar-refractivity contribution in [3.05, 3.63) is 17.8 Å². The molecule has 1 unspecified atom stereocenters. The second kappa shape index (κ2) is 6.23. The van der Waals surface area contributed by atoms with Crippen LogP contribution in [-0.2, 0) is 4.79 Å². The minimum atomic E-state index is -0.559. The molecule has 100 valence electrons. The summed E-state index contributed by atoms with van der Waals surface area (Å²) in [5.41, 5.74) is 6.57. The quantitative estimate of drug-likeness (QED) is 0.863. The minimum Gasteiger partial charge on any atom is -0.477 e. The Morgan fingerprint density at radius 1 is 1.44 bits per heavy atom. The van der Waals surface area contributed by atoms with E-state index in [9.17, 15) is 4.79 Å². The molecule has 0 fully saturated rings. The molecule has 0 aliphatic carbocycles. The number of ether oxygens (including phenoxy) is 1. The molecule has 1 amide bonds. The van der Waals surface area contributed by atoms with Gasteiger partial charge in [-0.05, 0) is 39.8 Å². The molecule has 5 heteroatoms. The fourth-order valence-electron chi connectivity index (χ4n) is 1.70. The third-order valence-electron chi connectivity index (χ3n) is 2.75. The van der Waals surface area contributed by atoms with Crippen molar-refractivity contribution in [2.24, 2.45) is 0 Å². The van der Waals surface area contributed by atoms with Crippen LogP contribution in [0.4, 0.5) is 5.82 Å². The molecule has 0 spiro atoms. The van der Waals surface area contributed by atoms with E-state index in [1.165, 1.54) is 0 Å². The minimum absolute atomic E-state index is 0.0417. The Morgan fingerprint density at radius 3 is 2.56 bits per heavy atom. The van der Waals surface area contributed by atoms with E-state index in [1.807, 2.05) is 20.8 Å². The van der Waals surface area contributed by atoms with Crippen LogP contribution in [0.1, 0.15) is 26.5 Å². The molecule has 1 atom stereocenters. The van der Waals surface area contributed by atoms with E-state index in [0.29, 0.717) is 24.7 Å². The highest BCUT2D eigenvalue weighted by Crippen LogP contribution is 2.20. The van der Waals surface area contributed by atoms with Gasteiger partial charge in [0.05, 0.1) is 0 Å². The lowest BCUT2D eigenvalue weighted by molar-refractivity contribution is -0.137. The summed E-state index contributed by atoms with van der Waals surface area (Å²) in [4.78, 5) is 17.9. The lowest BCUT2D eigenvalue weighted by Crippen LogP contribution is -2.40. The van der Waals surface area contributed by atoms with Crippen molar-refractivity contribution in [1.82, 2.24) is 9.88 Å². The Labute approximate surface area is 108 Å². The van der Waals surface area contributed by atoms with Gasteiger partial charge in [0.2, 0.25) is 0 Å². The number of nitrogens with zero attached hydrogens (tertiary/aromatic N) is 2. The largest absolute Gasteiger partial charge is 0.477 e. The zero-order valence-electron chi connectivity index (χ0n) is 11.4. The van der Waals surface area contributed by atoms with Gasteiger partial charge in [-0.25, -0.2) is 4.98 Å². The van der Waals surface area contributed by atoms with Gasteiger partial charge < -0.3 is 15.4 Å². The smallest absolute Gasteiger partial charge is 0.263 e. The number of hydrogen-bond donors (Lipinski definition) is 1. The van der Waals surface area contributed by atoms with Crippen LogP contribution >= 0.6 is 0 Å². The predicted octanol–water partition coefficient (Wildman–Crippen LogP) is 1.61. The summed E-state index contributed by atoms with van der Waals surface area (Å²) < 4.78 is 5.57. The average Bonchev–Trinajstić information content (AvgIpc) is 2.34. The van der Waals surface area contributed by atoms with Crippen molar-refractivity contribution in [3.8, 4) is 5.75 Å². The molecule has 0 aliphatic rings. The number of carbonyl (C=O) groups excluding carboxylic acids is 1. The molecule has 5 nitrogen and oxygen atoms in total. The highest BCUT2D eigenvalue weighted by molar-refractivity contribution is 5.81. The molecule has 2 N–H and O–H groups in total. The summed E-state index contributed by atoms with van der Waals surface area (Å²) in [6.45, 7) is 8.80. The van der Waals surface area contributed by atoms with E-state index in [-0.39, 0.29) is 5.91 Å². The van der Waals surface area contributed by atoms with E-state index < -0.39 is 6.10 Å². The van der Waals surface area contributed by atoms with Crippen molar-refractivity contribution in [3.63, 3.8) is 0 Å². The number of likely N-dealkylation sites (N-methyl/N-ethyl adjacent to an activating group) is 1. The summed E-state index contributed by atoms with van der Waals surface area (Å²) in [6.07, 6.45) is -0.559. The normalized spacial score (nSPS) is 12.0. The van der Waals surface area contributed by atoms with Crippen LogP contribution in [0.15, 0.2) is 12.1 Å². The Kier molecular flexibility index (Phi) is 4.95. The predicted molar refractivity (Wildman–Crippen MR) is 71.4 cm³/mol. The van der Waals surface area contributed by atoms with Gasteiger partial charge in [0.25, 0.3) is 5.91 Å². The SMILES string of the molecule is CCN(CC)C(=O)C(C)Oc1ccc(C)nc1N. The van der Waals surface area contributed by atoms with Crippen LogP contribution in [-0.4, -0.2) is 35.0 Å². The fraction of sp³-hybridized carbons (Fsp3) is 0.538. The number of anilines is 1. The first-order chi connectivity index (χ1) is 8.49. The molecule has 1 aromatic rings. The van der Waals surface area contributed by atoms with Crippen LogP contribution < -0.4 is 10.5 Å². The molecule has 1 rings (SSSR count). The Bertz CT molecular complexity index is 417. The van der Waals surface area contributed by atoms with Gasteiger partial charge in [-0.1, -0.05) is 0 Å². The maximum atomic E-state index is 12.0. The summed E-state index contributed by atoms with van der Waals surface area (Å²) >= 11 is 0. The van der Waals surface area contributed by atoms with Gasteiger partial charge in [0.15, 0.2) is 17.7 Å². The number of aromatic nitrogens is 1. The second-order valence-corrected chi connectivity index (χ2v) is 4.11. The standard InChI is InChI=1S/C13H21N3O2/c1-5-16(6-2)13(17)10(4)18-11-8-7-9(3)15-12(11)14/h7-8,10H,5-6H2,1-4H3,(H2,14,15). The van der Waals surface area contributed by atoms with Crippen LogP contribution in [0, 0.1) is 6.92 Å². The Morgan fingerprint density at radius 2 is 2.06 bits per heavy atom. The van der Waals surface area contributed by atoms with Gasteiger partial charge in [-0.2, -0.15) is 0 Å². The summed E-state index contributed by atoms with van der Waals surface area (Å²) in [7, 11) is 0. The van der Waals surface area contributed by atoms with Gasteiger partial charge in [-0.15, -0.1) is 0 Å². The van der Waals surface area contributed by atoms with Crippen LogP contribution in [0.3, 0.4) is 0 Å². The van der Waals surface area contributed by atoms with E-state index in [2.05, 4.69) is 4.98 Å². The third kappa shape index (κ3) is 3.35. The molecule has 0 aliphatic heterocycles. The van der Waals surface area contributed by atoms with Gasteiger partial charge >= 0.3 is 0 Å². The Balaban J connectivity index is 2.75. The van der Waals surface area contributed by atoms with E-state index >= 15 is 0 Å². The third-order valence-corrected chi connectivity index (χ3v) is 2.75. The van der Waals surface area contributed by atoms with Crippen molar-refractivity contribution in [1.29, 1.82) is 0 Å². The summed E-state index contributed by atoms with van der Waals surface area (Å²) in [5, 5.41) is 0. The molecule has 1 heterocycles. The fourth-order valence-corrected chi connectivity index (χ4v) is 1.70. The molecule has 0 bridgehead atoms. The molecule has 18 heavy (non-hydrogen) atoms. The first-order valence-electron chi connectivity index (χ1n) is 6.18. The van der Waals surface area contributed by atoms with Crippen LogP contribution in [0.2, 0.25) is 0 Å². The summed E-state index contributed by atoms with van der Waals surface area (Å²) in [5.74, 6) is 0.725. The van der Waals surface area contributed by atoms with Crippen molar-refractivity contribution >= 4 is 11.7 Å². The highest BCUT2D eigenvalue weighted by Gasteiger charge is 2.20. The lowest BCUT2D eigenvalue weighted by Gasteiger charge is -2.23. The number of pyridine rings is 1. The summed E-state index contributed by atoms with van der Waals surface area (Å²) in [6, 6.07) is 3.55. The second-order valence-electron chi connectivity index (χ2n) is 4.11. The molecular weight excluding hydrogens is 230 g/mol. The molecular formula is C13H21N3O2. The van der Waals surface area contributed by atoms with E-state index in [0.717, 1.165) is 5.69 Å². The number of carbonyl (C=O) groups is 1. The molecule has 1 aromatic heterocycles. The topological polar surface area (TPSA) is 68.5 Å². The zero-order valence-corrected chi connectivity index (χ0v) is 11.4. The molecule has 0 aromatic carbocycles. The highest BCUT2D eigenvalue weighted by atomic mass is 16.5. The number of nitrogens with two attached hydrogens (primary N) is 1. The van der Waals surface area contributed by atoms with E-state index in [1.54, 1.807) is 24.0 Å². The van der Waals surface area contributed by atoms with Gasteiger partial charge in [0, 0.05) is 18.8 Å². The number of nitrogen functional groups attached to an aromatic ring is 1. The van der Waals surface area contributed by atoms with Crippen molar-refractivity contribution in [2.75, 3.05) is 18.8 Å². The monoisotopic (exact) mass is 251 g/mol. The Hall–Kier alpha value is -1.78. The first kappa shape index (κ1) is 14.3. The van der Waals surface area contributed by atoms with Crippen LogP contribution in [0.25, 0.3) is 0 Å². The zero-order chi connectivity index (χ0) is 13.7.